The molecule has 2 aromatic rings. The first-order valence-electron chi connectivity index (χ1n) is 4.65. The summed E-state index contributed by atoms with van der Waals surface area (Å²) in [5.74, 6) is 0. The van der Waals surface area contributed by atoms with E-state index >= 15 is 0 Å². The zero-order valence-electron chi connectivity index (χ0n) is 8.24. The van der Waals surface area contributed by atoms with E-state index in [2.05, 4.69) is 4.98 Å². The average molecular weight is 234 g/mol. The molecule has 0 saturated heterocycles. The van der Waals surface area contributed by atoms with E-state index in [1.54, 1.807) is 30.3 Å². The fourth-order valence-corrected chi connectivity index (χ4v) is 1.50. The standard InChI is InChI=1S/C12H8ClNO2/c13-10-4-1-8(2-5-10)11-6-3-9(7-15)12(16)14-11/h1-7H,(H,14,16). The smallest absolute Gasteiger partial charge is 0.258 e. The highest BCUT2D eigenvalue weighted by atomic mass is 35.5. The van der Waals surface area contributed by atoms with Gasteiger partial charge in [-0.15, -0.1) is 0 Å². The number of rotatable bonds is 2. The summed E-state index contributed by atoms with van der Waals surface area (Å²) in [5.41, 5.74) is 1.24. The highest BCUT2D eigenvalue weighted by Crippen LogP contribution is 2.18. The molecule has 2 rings (SSSR count). The second-order valence-electron chi connectivity index (χ2n) is 3.28. The van der Waals surface area contributed by atoms with Gasteiger partial charge in [0.1, 0.15) is 0 Å². The number of hydrogen-bond donors (Lipinski definition) is 1. The zero-order valence-corrected chi connectivity index (χ0v) is 8.99. The maximum absolute atomic E-state index is 11.4. The Hall–Kier alpha value is -1.87. The van der Waals surface area contributed by atoms with Gasteiger partial charge in [-0.25, -0.2) is 0 Å². The van der Waals surface area contributed by atoms with Crippen LogP contribution in [0.5, 0.6) is 0 Å². The van der Waals surface area contributed by atoms with Crippen molar-refractivity contribution in [2.75, 3.05) is 0 Å². The number of aldehydes is 1. The summed E-state index contributed by atoms with van der Waals surface area (Å²) in [6.07, 6.45) is 0.532. The van der Waals surface area contributed by atoms with Crippen LogP contribution in [0, 0.1) is 0 Å². The van der Waals surface area contributed by atoms with Gasteiger partial charge < -0.3 is 4.98 Å². The Morgan fingerprint density at radius 2 is 1.75 bits per heavy atom. The minimum absolute atomic E-state index is 0.123. The van der Waals surface area contributed by atoms with Crippen molar-refractivity contribution in [2.24, 2.45) is 0 Å². The van der Waals surface area contributed by atoms with Crippen LogP contribution in [0.25, 0.3) is 11.3 Å². The van der Waals surface area contributed by atoms with Crippen LogP contribution in [0.2, 0.25) is 5.02 Å². The predicted octanol–water partition coefficient (Wildman–Crippen LogP) is 2.51. The van der Waals surface area contributed by atoms with Gasteiger partial charge in [0.15, 0.2) is 6.29 Å². The topological polar surface area (TPSA) is 49.9 Å². The summed E-state index contributed by atoms with van der Waals surface area (Å²) in [7, 11) is 0. The molecule has 0 spiro atoms. The molecular formula is C12H8ClNO2. The summed E-state index contributed by atoms with van der Waals surface area (Å²) in [6.45, 7) is 0. The zero-order chi connectivity index (χ0) is 11.5. The highest BCUT2D eigenvalue weighted by Gasteiger charge is 2.01. The van der Waals surface area contributed by atoms with Gasteiger partial charge >= 0.3 is 0 Å². The van der Waals surface area contributed by atoms with Gasteiger partial charge in [-0.3, -0.25) is 9.59 Å². The molecule has 80 valence electrons. The van der Waals surface area contributed by atoms with Gasteiger partial charge in [-0.2, -0.15) is 0 Å². The van der Waals surface area contributed by atoms with Crippen molar-refractivity contribution in [3.8, 4) is 11.3 Å². The molecule has 0 radical (unpaired) electrons. The maximum Gasteiger partial charge on any atom is 0.258 e. The van der Waals surface area contributed by atoms with Crippen molar-refractivity contribution >= 4 is 17.9 Å². The monoisotopic (exact) mass is 233 g/mol. The van der Waals surface area contributed by atoms with Crippen LogP contribution in [0.1, 0.15) is 10.4 Å². The van der Waals surface area contributed by atoms with E-state index in [1.165, 1.54) is 6.07 Å². The number of carbonyl (C=O) groups is 1. The lowest BCUT2D eigenvalue weighted by atomic mass is 10.1. The number of halogens is 1. The summed E-state index contributed by atoms with van der Waals surface area (Å²) in [5, 5.41) is 0.635. The van der Waals surface area contributed by atoms with E-state index in [0.717, 1.165) is 5.56 Å². The number of pyridine rings is 1. The third kappa shape index (κ3) is 2.04. The highest BCUT2D eigenvalue weighted by molar-refractivity contribution is 6.30. The second kappa shape index (κ2) is 4.33. The Balaban J connectivity index is 2.49. The number of aromatic amines is 1. The van der Waals surface area contributed by atoms with Crippen molar-refractivity contribution in [3.05, 3.63) is 57.3 Å². The van der Waals surface area contributed by atoms with Crippen LogP contribution in [0.15, 0.2) is 41.2 Å². The van der Waals surface area contributed by atoms with Gasteiger partial charge in [0, 0.05) is 10.7 Å². The maximum atomic E-state index is 11.4. The van der Waals surface area contributed by atoms with Crippen LogP contribution in [0.3, 0.4) is 0 Å². The van der Waals surface area contributed by atoms with Crippen molar-refractivity contribution in [1.82, 2.24) is 4.98 Å². The lowest BCUT2D eigenvalue weighted by Crippen LogP contribution is -2.11. The molecule has 0 unspecified atom stereocenters. The van der Waals surface area contributed by atoms with Gasteiger partial charge in [0.2, 0.25) is 0 Å². The van der Waals surface area contributed by atoms with E-state index in [0.29, 0.717) is 17.0 Å². The normalized spacial score (nSPS) is 10.1. The number of carbonyl (C=O) groups excluding carboxylic acids is 1. The van der Waals surface area contributed by atoms with E-state index in [1.807, 2.05) is 0 Å². The minimum Gasteiger partial charge on any atom is -0.321 e. The van der Waals surface area contributed by atoms with Crippen LogP contribution >= 0.6 is 11.6 Å². The first-order chi connectivity index (χ1) is 7.70. The first-order valence-corrected chi connectivity index (χ1v) is 5.03. The lowest BCUT2D eigenvalue weighted by molar-refractivity contribution is 0.112. The number of H-pyrrole nitrogens is 1. The largest absolute Gasteiger partial charge is 0.321 e. The van der Waals surface area contributed by atoms with Crippen LogP contribution < -0.4 is 5.56 Å². The van der Waals surface area contributed by atoms with E-state index in [9.17, 15) is 9.59 Å². The molecule has 0 aliphatic heterocycles. The molecular weight excluding hydrogens is 226 g/mol. The van der Waals surface area contributed by atoms with Crippen LogP contribution in [-0.4, -0.2) is 11.3 Å². The average Bonchev–Trinajstić information content (AvgIpc) is 2.30. The molecule has 0 bridgehead atoms. The second-order valence-corrected chi connectivity index (χ2v) is 3.72. The Morgan fingerprint density at radius 1 is 1.06 bits per heavy atom. The SMILES string of the molecule is O=Cc1ccc(-c2ccc(Cl)cc2)[nH]c1=O. The first kappa shape index (κ1) is 10.6. The third-order valence-electron chi connectivity index (χ3n) is 2.22. The van der Waals surface area contributed by atoms with Crippen molar-refractivity contribution in [1.29, 1.82) is 0 Å². The molecule has 1 aromatic heterocycles. The molecule has 1 heterocycles. The van der Waals surface area contributed by atoms with Crippen molar-refractivity contribution < 1.29 is 4.79 Å². The minimum atomic E-state index is -0.387. The van der Waals surface area contributed by atoms with E-state index < -0.39 is 0 Å². The summed E-state index contributed by atoms with van der Waals surface area (Å²) < 4.78 is 0. The molecule has 0 amide bonds. The Morgan fingerprint density at radius 3 is 2.31 bits per heavy atom. The number of nitrogens with one attached hydrogen (secondary N) is 1. The van der Waals surface area contributed by atoms with Crippen LogP contribution in [0.4, 0.5) is 0 Å². The molecule has 4 heteroatoms. The van der Waals surface area contributed by atoms with E-state index in [4.69, 9.17) is 11.6 Å². The van der Waals surface area contributed by atoms with Gasteiger partial charge in [-0.1, -0.05) is 23.7 Å². The Bertz CT molecular complexity index is 572. The third-order valence-corrected chi connectivity index (χ3v) is 2.47. The number of benzene rings is 1. The molecule has 3 nitrogen and oxygen atoms in total. The molecule has 16 heavy (non-hydrogen) atoms. The molecule has 1 N–H and O–H groups in total. The number of aromatic nitrogens is 1. The fraction of sp³-hybridized carbons (Fsp3) is 0. The molecule has 0 aliphatic rings. The Labute approximate surface area is 96.7 Å². The van der Waals surface area contributed by atoms with Crippen molar-refractivity contribution in [2.45, 2.75) is 0 Å². The van der Waals surface area contributed by atoms with E-state index in [-0.39, 0.29) is 11.1 Å². The number of hydrogen-bond acceptors (Lipinski definition) is 2. The molecule has 0 fully saturated rings. The quantitative estimate of drug-likeness (QED) is 0.811. The molecule has 1 aromatic carbocycles. The van der Waals surface area contributed by atoms with Crippen LogP contribution in [-0.2, 0) is 0 Å². The predicted molar refractivity (Wildman–Crippen MR) is 62.9 cm³/mol. The molecule has 0 saturated carbocycles. The summed E-state index contributed by atoms with van der Waals surface area (Å²) in [4.78, 5) is 24.5. The summed E-state index contributed by atoms with van der Waals surface area (Å²) in [6, 6.07) is 10.3. The fourth-order valence-electron chi connectivity index (χ4n) is 1.38. The van der Waals surface area contributed by atoms with Gasteiger partial charge in [-0.05, 0) is 29.8 Å². The van der Waals surface area contributed by atoms with Crippen molar-refractivity contribution in [3.63, 3.8) is 0 Å². The molecule has 0 atom stereocenters. The Kier molecular flexibility index (Phi) is 2.88. The lowest BCUT2D eigenvalue weighted by Gasteiger charge is -2.01. The van der Waals surface area contributed by atoms with Gasteiger partial charge in [0.25, 0.3) is 5.56 Å². The molecule has 0 aliphatic carbocycles. The summed E-state index contributed by atoms with van der Waals surface area (Å²) >= 11 is 5.76. The van der Waals surface area contributed by atoms with Gasteiger partial charge in [0.05, 0.1) is 5.56 Å².